The molecule has 8 heteroatoms. The first-order valence-electron chi connectivity index (χ1n) is 5.87. The minimum Gasteiger partial charge on any atom is -0.467 e. The van der Waals surface area contributed by atoms with Crippen LogP contribution in [0.3, 0.4) is 0 Å². The molecule has 2 atom stereocenters. The van der Waals surface area contributed by atoms with Crippen LogP contribution in [0.4, 0.5) is 4.79 Å². The summed E-state index contributed by atoms with van der Waals surface area (Å²) in [4.78, 5) is 33.7. The molecule has 110 valence electrons. The summed E-state index contributed by atoms with van der Waals surface area (Å²) in [6, 6.07) is -1.05. The monoisotopic (exact) mass is 291 g/mol. The summed E-state index contributed by atoms with van der Waals surface area (Å²) >= 11 is 0. The van der Waals surface area contributed by atoms with Gasteiger partial charge in [-0.15, -0.1) is 0 Å². The summed E-state index contributed by atoms with van der Waals surface area (Å²) in [5.74, 6) is -0.269. The van der Waals surface area contributed by atoms with Gasteiger partial charge >= 0.3 is 12.0 Å². The summed E-state index contributed by atoms with van der Waals surface area (Å²) in [5.41, 5.74) is 0. The molecule has 0 aromatic rings. The highest BCUT2D eigenvalue weighted by Gasteiger charge is 2.19. The number of urea groups is 1. The molecular formula is C11H21N3O4S. The lowest BCUT2D eigenvalue weighted by molar-refractivity contribution is -0.144. The Morgan fingerprint density at radius 1 is 1.37 bits per heavy atom. The van der Waals surface area contributed by atoms with Crippen molar-refractivity contribution in [3.8, 4) is 0 Å². The number of nitrogens with zero attached hydrogens (tertiary/aromatic N) is 1. The molecule has 0 fully saturated rings. The highest BCUT2D eigenvalue weighted by molar-refractivity contribution is 7.86. The fourth-order valence-electron chi connectivity index (χ4n) is 1.30. The lowest BCUT2D eigenvalue weighted by Gasteiger charge is -2.15. The summed E-state index contributed by atoms with van der Waals surface area (Å²) in [5, 5.41) is 5.08. The Morgan fingerprint density at radius 2 is 2.00 bits per heavy atom. The Balaban J connectivity index is 4.42. The van der Waals surface area contributed by atoms with Gasteiger partial charge in [-0.05, 0) is 19.6 Å². The number of methoxy groups -OCH3 is 1. The number of carbonyl (C=O) groups is 3. The van der Waals surface area contributed by atoms with Gasteiger partial charge in [-0.1, -0.05) is 10.7 Å². The summed E-state index contributed by atoms with van der Waals surface area (Å²) < 4.78 is 8.52. The zero-order valence-electron chi connectivity index (χ0n) is 11.7. The number of hydrogen-bond donors (Lipinski definition) is 2. The number of carbonyl (C=O) groups excluding carboxylic acids is 3. The van der Waals surface area contributed by atoms with Gasteiger partial charge in [0.2, 0.25) is 5.91 Å². The molecule has 0 spiro atoms. The topological polar surface area (TPSA) is 96.9 Å². The van der Waals surface area contributed by atoms with Crippen molar-refractivity contribution in [3.05, 3.63) is 0 Å². The largest absolute Gasteiger partial charge is 0.467 e. The zero-order chi connectivity index (χ0) is 14.8. The van der Waals surface area contributed by atoms with Crippen LogP contribution in [0, 0.1) is 0 Å². The van der Waals surface area contributed by atoms with Crippen LogP contribution in [-0.2, 0) is 25.0 Å². The van der Waals surface area contributed by atoms with Crippen molar-refractivity contribution >= 4 is 28.6 Å². The molecule has 3 amide bonds. The van der Waals surface area contributed by atoms with Gasteiger partial charge in [0, 0.05) is 19.2 Å². The molecule has 0 aliphatic carbocycles. The van der Waals surface area contributed by atoms with Crippen LogP contribution in [0.1, 0.15) is 20.3 Å². The Hall–Kier alpha value is -1.44. The maximum atomic E-state index is 11.4. The normalized spacial score (nSPS) is 13.5. The molecule has 0 saturated heterocycles. The van der Waals surface area contributed by atoms with E-state index in [1.807, 2.05) is 6.92 Å². The van der Waals surface area contributed by atoms with Gasteiger partial charge in [-0.2, -0.15) is 4.36 Å². The van der Waals surface area contributed by atoms with Gasteiger partial charge in [0.1, 0.15) is 6.04 Å². The second-order valence-corrected chi connectivity index (χ2v) is 5.59. The highest BCUT2D eigenvalue weighted by atomic mass is 32.2. The molecule has 0 bridgehead atoms. The number of amides is 3. The van der Waals surface area contributed by atoms with Gasteiger partial charge in [0.15, 0.2) is 0 Å². The number of esters is 1. The van der Waals surface area contributed by atoms with E-state index in [9.17, 15) is 14.4 Å². The van der Waals surface area contributed by atoms with E-state index in [0.29, 0.717) is 18.7 Å². The number of hydrogen-bond acceptors (Lipinski definition) is 4. The van der Waals surface area contributed by atoms with E-state index in [2.05, 4.69) is 19.7 Å². The first-order valence-corrected chi connectivity index (χ1v) is 7.63. The average molecular weight is 291 g/mol. The third kappa shape index (κ3) is 8.30. The predicted octanol–water partition coefficient (Wildman–Crippen LogP) is 0.215. The van der Waals surface area contributed by atoms with E-state index in [1.54, 1.807) is 6.26 Å². The third-order valence-electron chi connectivity index (χ3n) is 2.13. The predicted molar refractivity (Wildman–Crippen MR) is 73.9 cm³/mol. The van der Waals surface area contributed by atoms with Gasteiger partial charge in [-0.25, -0.2) is 9.59 Å². The molecule has 1 unspecified atom stereocenters. The smallest absolute Gasteiger partial charge is 0.346 e. The van der Waals surface area contributed by atoms with Crippen molar-refractivity contribution in [2.24, 2.45) is 4.36 Å². The molecule has 0 rings (SSSR count). The molecule has 0 radical (unpaired) electrons. The molecule has 0 aromatic carbocycles. The van der Waals surface area contributed by atoms with Crippen molar-refractivity contribution in [2.45, 2.75) is 26.3 Å². The average Bonchev–Trinajstić information content (AvgIpc) is 2.33. The van der Waals surface area contributed by atoms with Crippen molar-refractivity contribution < 1.29 is 19.1 Å². The second-order valence-electron chi connectivity index (χ2n) is 3.80. The first-order chi connectivity index (χ1) is 8.90. The van der Waals surface area contributed by atoms with Crippen molar-refractivity contribution in [2.75, 3.05) is 25.7 Å². The van der Waals surface area contributed by atoms with Crippen molar-refractivity contribution in [3.63, 3.8) is 0 Å². The van der Waals surface area contributed by atoms with Crippen molar-refractivity contribution in [1.82, 2.24) is 10.6 Å². The molecule has 2 N–H and O–H groups in total. The number of ether oxygens (including phenoxy) is 1. The number of nitrogens with one attached hydrogen (secondary N) is 2. The summed E-state index contributed by atoms with van der Waals surface area (Å²) in [6.07, 6.45) is 2.19. The van der Waals surface area contributed by atoms with Crippen LogP contribution >= 0.6 is 0 Å². The molecular weight excluding hydrogens is 270 g/mol. The summed E-state index contributed by atoms with van der Waals surface area (Å²) in [7, 11) is 0.764. The molecule has 19 heavy (non-hydrogen) atoms. The van der Waals surface area contributed by atoms with E-state index in [1.165, 1.54) is 14.0 Å². The Morgan fingerprint density at radius 3 is 2.47 bits per heavy atom. The van der Waals surface area contributed by atoms with Crippen LogP contribution in [0.25, 0.3) is 0 Å². The molecule has 0 heterocycles. The van der Waals surface area contributed by atoms with E-state index < -0.39 is 22.7 Å². The lowest BCUT2D eigenvalue weighted by Crippen LogP contribution is -2.41. The van der Waals surface area contributed by atoms with Crippen LogP contribution in [0.2, 0.25) is 0 Å². The van der Waals surface area contributed by atoms with Crippen LogP contribution < -0.4 is 10.6 Å². The molecule has 7 nitrogen and oxygen atoms in total. The third-order valence-corrected chi connectivity index (χ3v) is 3.44. The zero-order valence-corrected chi connectivity index (χ0v) is 12.5. The molecule has 0 aromatic heterocycles. The van der Waals surface area contributed by atoms with Crippen LogP contribution in [0.5, 0.6) is 0 Å². The second kappa shape index (κ2) is 9.48. The van der Waals surface area contributed by atoms with Gasteiger partial charge in [0.25, 0.3) is 0 Å². The van der Waals surface area contributed by atoms with E-state index in [-0.39, 0.29) is 11.9 Å². The van der Waals surface area contributed by atoms with Gasteiger partial charge in [0.05, 0.1) is 7.11 Å². The highest BCUT2D eigenvalue weighted by Crippen LogP contribution is 1.99. The number of rotatable bonds is 6. The Labute approximate surface area is 115 Å². The van der Waals surface area contributed by atoms with E-state index >= 15 is 0 Å². The van der Waals surface area contributed by atoms with Gasteiger partial charge < -0.3 is 15.4 Å². The summed E-state index contributed by atoms with van der Waals surface area (Å²) in [6.45, 7) is 3.67. The lowest BCUT2D eigenvalue weighted by atomic mass is 10.2. The fraction of sp³-hybridized carbons (Fsp3) is 0.727. The van der Waals surface area contributed by atoms with Gasteiger partial charge in [-0.3, -0.25) is 4.79 Å². The standard InChI is InChI=1S/C11H21N3O4S/c1-5-12-11(17)14-19(4)7-6-9(10(16)18-3)13-8(2)15/h9H,5-7H2,1-4H3,(H,12,17)(H,13,15)/t9-,19?/m0/s1. The SMILES string of the molecule is CCNC(=O)N=S(C)CC[C@H](NC(C)=O)C(=O)OC. The quantitative estimate of drug-likeness (QED) is 0.684. The maximum Gasteiger partial charge on any atom is 0.346 e. The van der Waals surface area contributed by atoms with Crippen molar-refractivity contribution in [1.29, 1.82) is 0 Å². The minimum absolute atomic E-state index is 0.299. The van der Waals surface area contributed by atoms with E-state index in [0.717, 1.165) is 0 Å². The molecule has 0 aliphatic heterocycles. The maximum absolute atomic E-state index is 11.4. The minimum atomic E-state index is -0.693. The fourth-order valence-corrected chi connectivity index (χ4v) is 2.31. The Kier molecular flexibility index (Phi) is 8.77. The molecule has 0 aliphatic rings. The Bertz CT molecular complexity index is 371. The molecule has 0 saturated carbocycles. The first kappa shape index (κ1) is 17.6. The van der Waals surface area contributed by atoms with E-state index in [4.69, 9.17) is 0 Å². The van der Waals surface area contributed by atoms with Crippen LogP contribution in [-0.4, -0.2) is 49.6 Å². The van der Waals surface area contributed by atoms with Crippen LogP contribution in [0.15, 0.2) is 4.36 Å².